The highest BCUT2D eigenvalue weighted by Crippen LogP contribution is 2.25. The summed E-state index contributed by atoms with van der Waals surface area (Å²) in [6.07, 6.45) is 0.886. The molecular formula is C11H17ClN2OS. The van der Waals surface area contributed by atoms with Gasteiger partial charge >= 0.3 is 0 Å². The maximum atomic E-state index is 11.8. The molecule has 0 unspecified atom stereocenters. The number of rotatable bonds is 4. The first-order chi connectivity index (χ1) is 7.40. The van der Waals surface area contributed by atoms with Crippen molar-refractivity contribution >= 4 is 34.0 Å². The quantitative estimate of drug-likeness (QED) is 0.845. The number of anilines is 1. The molecule has 5 heteroatoms. The van der Waals surface area contributed by atoms with E-state index in [1.54, 1.807) is 0 Å². The van der Waals surface area contributed by atoms with Crippen LogP contribution in [0.5, 0.6) is 0 Å². The maximum Gasteiger partial charge on any atom is 0.233 e. The summed E-state index contributed by atoms with van der Waals surface area (Å²) in [5, 5.41) is 3.48. The van der Waals surface area contributed by atoms with Gasteiger partial charge in [0.05, 0.1) is 11.1 Å². The minimum atomic E-state index is -0.562. The average molecular weight is 261 g/mol. The lowest BCUT2D eigenvalue weighted by molar-refractivity contribution is -0.122. The summed E-state index contributed by atoms with van der Waals surface area (Å²) in [6, 6.07) is 0. The van der Waals surface area contributed by atoms with Crippen LogP contribution in [0, 0.1) is 12.3 Å². The highest BCUT2D eigenvalue weighted by Gasteiger charge is 2.27. The van der Waals surface area contributed by atoms with Crippen molar-refractivity contribution in [2.45, 2.75) is 34.1 Å². The molecule has 3 nitrogen and oxygen atoms in total. The van der Waals surface area contributed by atoms with Crippen LogP contribution in [0.25, 0.3) is 0 Å². The van der Waals surface area contributed by atoms with Gasteiger partial charge in [0.25, 0.3) is 0 Å². The summed E-state index contributed by atoms with van der Waals surface area (Å²) in [5.74, 6) is 0.211. The number of nitrogens with zero attached hydrogens (tertiary/aromatic N) is 1. The molecule has 0 aliphatic carbocycles. The zero-order valence-electron chi connectivity index (χ0n) is 10.1. The fourth-order valence-electron chi connectivity index (χ4n) is 1.14. The second-order valence-corrected chi connectivity index (χ2v) is 5.82. The maximum absolute atomic E-state index is 11.8. The third kappa shape index (κ3) is 2.95. The van der Waals surface area contributed by atoms with Crippen LogP contribution >= 0.6 is 22.9 Å². The molecule has 1 N–H and O–H groups in total. The molecule has 16 heavy (non-hydrogen) atoms. The third-order valence-corrected chi connectivity index (χ3v) is 3.99. The number of hydrogen-bond donors (Lipinski definition) is 1. The zero-order chi connectivity index (χ0) is 12.3. The number of aromatic nitrogens is 1. The van der Waals surface area contributed by atoms with Crippen molar-refractivity contribution in [3.05, 3.63) is 10.6 Å². The molecule has 0 saturated carbocycles. The number of hydrogen-bond acceptors (Lipinski definition) is 3. The van der Waals surface area contributed by atoms with E-state index in [0.29, 0.717) is 11.0 Å². The molecule has 0 radical (unpaired) electrons. The van der Waals surface area contributed by atoms with Crippen LogP contribution in [0.4, 0.5) is 5.13 Å². The van der Waals surface area contributed by atoms with Gasteiger partial charge in [0, 0.05) is 10.8 Å². The number of alkyl halides is 1. The van der Waals surface area contributed by atoms with Crippen molar-refractivity contribution < 1.29 is 4.79 Å². The lowest BCUT2D eigenvalue weighted by Crippen LogP contribution is -2.32. The van der Waals surface area contributed by atoms with Crippen LogP contribution < -0.4 is 5.32 Å². The standard InChI is InChI=1S/C11H17ClN2OS/c1-5-8-7(2)16-10(13-8)14-9(15)11(3,4)6-12/h5-6H2,1-4H3,(H,13,14,15). The van der Waals surface area contributed by atoms with Crippen LogP contribution in [-0.4, -0.2) is 16.8 Å². The van der Waals surface area contributed by atoms with E-state index in [4.69, 9.17) is 11.6 Å². The van der Waals surface area contributed by atoms with Crippen molar-refractivity contribution in [1.82, 2.24) is 4.98 Å². The Bertz CT molecular complexity index is 387. The van der Waals surface area contributed by atoms with E-state index in [0.717, 1.165) is 17.0 Å². The molecule has 0 spiro atoms. The molecule has 0 saturated heterocycles. The summed E-state index contributed by atoms with van der Waals surface area (Å²) in [5.41, 5.74) is 0.483. The molecule has 0 aliphatic rings. The van der Waals surface area contributed by atoms with Gasteiger partial charge in [0.1, 0.15) is 0 Å². The number of carbonyl (C=O) groups excluding carboxylic acids is 1. The summed E-state index contributed by atoms with van der Waals surface area (Å²) >= 11 is 7.25. The smallest absolute Gasteiger partial charge is 0.233 e. The van der Waals surface area contributed by atoms with Gasteiger partial charge in [0.2, 0.25) is 5.91 Å². The molecule has 1 aromatic rings. The molecule has 0 aromatic carbocycles. The number of halogens is 1. The van der Waals surface area contributed by atoms with Crippen molar-refractivity contribution in [1.29, 1.82) is 0 Å². The van der Waals surface area contributed by atoms with Gasteiger partial charge in [-0.3, -0.25) is 4.79 Å². The monoisotopic (exact) mass is 260 g/mol. The summed E-state index contributed by atoms with van der Waals surface area (Å²) in [4.78, 5) is 17.4. The van der Waals surface area contributed by atoms with E-state index in [2.05, 4.69) is 17.2 Å². The fraction of sp³-hybridized carbons (Fsp3) is 0.636. The SMILES string of the molecule is CCc1nc(NC(=O)C(C)(C)CCl)sc1C. The highest BCUT2D eigenvalue weighted by atomic mass is 35.5. The van der Waals surface area contributed by atoms with Crippen molar-refractivity contribution in [3.8, 4) is 0 Å². The molecule has 1 heterocycles. The third-order valence-electron chi connectivity index (χ3n) is 2.40. The fourth-order valence-corrected chi connectivity index (χ4v) is 2.16. The van der Waals surface area contributed by atoms with Crippen molar-refractivity contribution in [3.63, 3.8) is 0 Å². The molecular weight excluding hydrogens is 244 g/mol. The van der Waals surface area contributed by atoms with Crippen LogP contribution in [0.15, 0.2) is 0 Å². The minimum absolute atomic E-state index is 0.0843. The Morgan fingerprint density at radius 2 is 2.19 bits per heavy atom. The second kappa shape index (κ2) is 5.15. The van der Waals surface area contributed by atoms with E-state index >= 15 is 0 Å². The topological polar surface area (TPSA) is 42.0 Å². The first kappa shape index (κ1) is 13.5. The zero-order valence-corrected chi connectivity index (χ0v) is 11.6. The van der Waals surface area contributed by atoms with Crippen molar-refractivity contribution in [2.24, 2.45) is 5.41 Å². The van der Waals surface area contributed by atoms with Gasteiger partial charge in [-0.15, -0.1) is 22.9 Å². The largest absolute Gasteiger partial charge is 0.301 e. The molecule has 0 aliphatic heterocycles. The normalized spacial score (nSPS) is 11.6. The van der Waals surface area contributed by atoms with E-state index in [1.165, 1.54) is 11.3 Å². The molecule has 1 amide bonds. The summed E-state index contributed by atoms with van der Waals surface area (Å²) in [6.45, 7) is 7.70. The predicted molar refractivity (Wildman–Crippen MR) is 69.4 cm³/mol. The highest BCUT2D eigenvalue weighted by molar-refractivity contribution is 7.15. The molecule has 90 valence electrons. The van der Waals surface area contributed by atoms with Crippen LogP contribution in [0.2, 0.25) is 0 Å². The Hall–Kier alpha value is -0.610. The molecule has 1 rings (SSSR count). The van der Waals surface area contributed by atoms with Gasteiger partial charge in [-0.2, -0.15) is 0 Å². The summed E-state index contributed by atoms with van der Waals surface area (Å²) < 4.78 is 0. The lowest BCUT2D eigenvalue weighted by Gasteiger charge is -2.18. The molecule has 0 atom stereocenters. The second-order valence-electron chi connectivity index (χ2n) is 4.35. The van der Waals surface area contributed by atoms with Gasteiger partial charge in [-0.25, -0.2) is 4.98 Å². The number of amides is 1. The Morgan fingerprint density at radius 3 is 2.62 bits per heavy atom. The first-order valence-corrected chi connectivity index (χ1v) is 6.59. The number of nitrogens with one attached hydrogen (secondary N) is 1. The van der Waals surface area contributed by atoms with Gasteiger partial charge in [0.15, 0.2) is 5.13 Å². The Morgan fingerprint density at radius 1 is 1.56 bits per heavy atom. The molecule has 0 bridgehead atoms. The molecule has 0 fully saturated rings. The first-order valence-electron chi connectivity index (χ1n) is 5.24. The van der Waals surface area contributed by atoms with E-state index < -0.39 is 5.41 Å². The van der Waals surface area contributed by atoms with Crippen LogP contribution in [0.3, 0.4) is 0 Å². The average Bonchev–Trinajstić information content (AvgIpc) is 2.58. The van der Waals surface area contributed by atoms with Gasteiger partial charge in [-0.1, -0.05) is 6.92 Å². The Kier molecular flexibility index (Phi) is 4.33. The van der Waals surface area contributed by atoms with Gasteiger partial charge < -0.3 is 5.32 Å². The Labute approximate surface area is 105 Å². The minimum Gasteiger partial charge on any atom is -0.301 e. The number of carbonyl (C=O) groups is 1. The van der Waals surface area contributed by atoms with E-state index in [-0.39, 0.29) is 5.91 Å². The molecule has 1 aromatic heterocycles. The predicted octanol–water partition coefficient (Wildman–Crippen LogP) is 3.22. The number of aryl methyl sites for hydroxylation is 2. The van der Waals surface area contributed by atoms with E-state index in [9.17, 15) is 4.79 Å². The van der Waals surface area contributed by atoms with Crippen LogP contribution in [0.1, 0.15) is 31.3 Å². The number of thiazole rings is 1. The summed E-state index contributed by atoms with van der Waals surface area (Å²) in [7, 11) is 0. The lowest BCUT2D eigenvalue weighted by atomic mass is 9.95. The Balaban J connectivity index is 2.77. The van der Waals surface area contributed by atoms with Gasteiger partial charge in [-0.05, 0) is 27.2 Å². The van der Waals surface area contributed by atoms with Crippen LogP contribution in [-0.2, 0) is 11.2 Å². The van der Waals surface area contributed by atoms with Crippen molar-refractivity contribution in [2.75, 3.05) is 11.2 Å². The van der Waals surface area contributed by atoms with E-state index in [1.807, 2.05) is 20.8 Å².